The van der Waals surface area contributed by atoms with E-state index in [-0.39, 0.29) is 11.8 Å². The molecule has 2 aromatic rings. The van der Waals surface area contributed by atoms with E-state index in [1.54, 1.807) is 36.9 Å². The van der Waals surface area contributed by atoms with Gasteiger partial charge in [-0.15, -0.1) is 11.3 Å². The van der Waals surface area contributed by atoms with Gasteiger partial charge < -0.3 is 10.6 Å². The van der Waals surface area contributed by atoms with E-state index in [9.17, 15) is 18.4 Å². The molecule has 1 atom stereocenters. The SMILES string of the molecule is CC(C)[C@H](NC(=O)c1c(F)cccc1F)C(=O)NCCSCc1ccc(Br)s1. The lowest BCUT2D eigenvalue weighted by Gasteiger charge is -2.22. The highest BCUT2D eigenvalue weighted by Crippen LogP contribution is 2.25. The minimum atomic E-state index is -0.961. The molecule has 0 saturated heterocycles. The molecule has 2 amide bonds. The van der Waals surface area contributed by atoms with Gasteiger partial charge in [-0.3, -0.25) is 9.59 Å². The first kappa shape index (κ1) is 22.8. The van der Waals surface area contributed by atoms with Crippen molar-refractivity contribution in [2.45, 2.75) is 25.6 Å². The summed E-state index contributed by atoms with van der Waals surface area (Å²) in [7, 11) is 0. The molecule has 0 aliphatic heterocycles. The number of benzene rings is 1. The third-order valence-electron chi connectivity index (χ3n) is 3.84. The Hall–Kier alpha value is -1.45. The predicted octanol–water partition coefficient (Wildman–Crippen LogP) is 4.59. The van der Waals surface area contributed by atoms with Gasteiger partial charge in [0.2, 0.25) is 5.91 Å². The zero-order valence-corrected chi connectivity index (χ0v) is 18.6. The highest BCUT2D eigenvalue weighted by molar-refractivity contribution is 9.11. The number of hydrogen-bond donors (Lipinski definition) is 2. The van der Waals surface area contributed by atoms with Crippen LogP contribution in [0.1, 0.15) is 29.1 Å². The maximum atomic E-state index is 13.8. The van der Waals surface area contributed by atoms with E-state index in [0.29, 0.717) is 12.3 Å². The fraction of sp³-hybridized carbons (Fsp3) is 0.368. The lowest BCUT2D eigenvalue weighted by Crippen LogP contribution is -2.50. The molecular formula is C19H21BrF2N2O2S2. The molecule has 0 fully saturated rings. The molecule has 2 rings (SSSR count). The van der Waals surface area contributed by atoms with Gasteiger partial charge in [0.25, 0.3) is 5.91 Å². The normalized spacial score (nSPS) is 12.1. The minimum Gasteiger partial charge on any atom is -0.353 e. The maximum Gasteiger partial charge on any atom is 0.257 e. The Morgan fingerprint density at radius 3 is 2.43 bits per heavy atom. The number of hydrogen-bond acceptors (Lipinski definition) is 4. The second kappa shape index (κ2) is 10.9. The molecular weight excluding hydrogens is 470 g/mol. The van der Waals surface area contributed by atoms with Crippen molar-refractivity contribution in [2.24, 2.45) is 5.92 Å². The number of carbonyl (C=O) groups excluding carboxylic acids is 2. The van der Waals surface area contributed by atoms with Crippen molar-refractivity contribution >= 4 is 50.8 Å². The average molecular weight is 491 g/mol. The largest absolute Gasteiger partial charge is 0.353 e. The third-order valence-corrected chi connectivity index (χ3v) is 6.66. The summed E-state index contributed by atoms with van der Waals surface area (Å²) < 4.78 is 28.6. The summed E-state index contributed by atoms with van der Waals surface area (Å²) >= 11 is 6.77. The first-order valence-electron chi connectivity index (χ1n) is 8.64. The van der Waals surface area contributed by atoms with Gasteiger partial charge in [-0.05, 0) is 46.1 Å². The van der Waals surface area contributed by atoms with E-state index in [2.05, 4.69) is 26.6 Å². The van der Waals surface area contributed by atoms with E-state index < -0.39 is 29.1 Å². The molecule has 0 aliphatic rings. The van der Waals surface area contributed by atoms with Crippen LogP contribution in [0.15, 0.2) is 34.1 Å². The molecule has 9 heteroatoms. The molecule has 0 saturated carbocycles. The van der Waals surface area contributed by atoms with Gasteiger partial charge in [0.05, 0.1) is 3.79 Å². The molecule has 0 unspecified atom stereocenters. The monoisotopic (exact) mass is 490 g/mol. The summed E-state index contributed by atoms with van der Waals surface area (Å²) in [6, 6.07) is 6.35. The number of thioether (sulfide) groups is 1. The Kier molecular flexibility index (Phi) is 8.91. The molecule has 1 aromatic carbocycles. The number of rotatable bonds is 9. The van der Waals surface area contributed by atoms with Crippen LogP contribution in [-0.2, 0) is 10.5 Å². The Morgan fingerprint density at radius 1 is 1.18 bits per heavy atom. The molecule has 28 heavy (non-hydrogen) atoms. The second-order valence-corrected chi connectivity index (χ2v) is 9.99. The van der Waals surface area contributed by atoms with Gasteiger partial charge in [0.15, 0.2) is 0 Å². The quantitative estimate of drug-likeness (QED) is 0.505. The molecule has 0 bridgehead atoms. The number of thiophene rings is 1. The predicted molar refractivity (Wildman–Crippen MR) is 114 cm³/mol. The highest BCUT2D eigenvalue weighted by Gasteiger charge is 2.27. The van der Waals surface area contributed by atoms with Crippen LogP contribution < -0.4 is 10.6 Å². The zero-order chi connectivity index (χ0) is 20.7. The van der Waals surface area contributed by atoms with Gasteiger partial charge in [-0.1, -0.05) is 19.9 Å². The zero-order valence-electron chi connectivity index (χ0n) is 15.4. The van der Waals surface area contributed by atoms with Crippen molar-refractivity contribution in [2.75, 3.05) is 12.3 Å². The van der Waals surface area contributed by atoms with Crippen molar-refractivity contribution in [3.63, 3.8) is 0 Å². The molecule has 1 heterocycles. The molecule has 152 valence electrons. The van der Waals surface area contributed by atoms with E-state index in [1.807, 2.05) is 12.1 Å². The van der Waals surface area contributed by atoms with Crippen molar-refractivity contribution < 1.29 is 18.4 Å². The molecule has 4 nitrogen and oxygen atoms in total. The lowest BCUT2D eigenvalue weighted by atomic mass is 10.0. The van der Waals surface area contributed by atoms with Crippen LogP contribution in [0.25, 0.3) is 0 Å². The summed E-state index contributed by atoms with van der Waals surface area (Å²) in [5.74, 6) is -1.92. The highest BCUT2D eigenvalue weighted by atomic mass is 79.9. The molecule has 1 aromatic heterocycles. The Balaban J connectivity index is 1.85. The van der Waals surface area contributed by atoms with Gasteiger partial charge >= 0.3 is 0 Å². The van der Waals surface area contributed by atoms with Crippen LogP contribution in [0.4, 0.5) is 8.78 Å². The standard InChI is InChI=1S/C19H21BrF2N2O2S2/c1-11(2)17(24-18(25)16-13(21)4-3-5-14(16)22)19(26)23-8-9-27-10-12-6-7-15(20)28-12/h3-7,11,17H,8-10H2,1-2H3,(H,23,26)(H,24,25)/t17-/m0/s1. The Morgan fingerprint density at radius 2 is 1.86 bits per heavy atom. The Labute approximate surface area is 179 Å². The van der Waals surface area contributed by atoms with Gasteiger partial charge in [-0.25, -0.2) is 8.78 Å². The number of halogens is 3. The average Bonchev–Trinajstić information content (AvgIpc) is 3.04. The lowest BCUT2D eigenvalue weighted by molar-refractivity contribution is -0.123. The number of nitrogens with one attached hydrogen (secondary N) is 2. The van der Waals surface area contributed by atoms with E-state index in [4.69, 9.17) is 0 Å². The molecule has 0 radical (unpaired) electrons. The smallest absolute Gasteiger partial charge is 0.257 e. The number of carbonyl (C=O) groups is 2. The topological polar surface area (TPSA) is 58.2 Å². The fourth-order valence-corrected chi connectivity index (χ4v) is 4.87. The summed E-state index contributed by atoms with van der Waals surface area (Å²) in [5.41, 5.74) is -0.682. The summed E-state index contributed by atoms with van der Waals surface area (Å²) in [5, 5.41) is 5.22. The van der Waals surface area contributed by atoms with Gasteiger partial charge in [-0.2, -0.15) is 11.8 Å². The number of amides is 2. The molecule has 0 spiro atoms. The molecule has 0 aliphatic carbocycles. The fourth-order valence-electron chi connectivity index (χ4n) is 2.42. The van der Waals surface area contributed by atoms with Crippen LogP contribution in [0.2, 0.25) is 0 Å². The maximum absolute atomic E-state index is 13.8. The first-order valence-corrected chi connectivity index (χ1v) is 11.4. The van der Waals surface area contributed by atoms with Crippen LogP contribution in [0.5, 0.6) is 0 Å². The van der Waals surface area contributed by atoms with E-state index in [0.717, 1.165) is 21.7 Å². The van der Waals surface area contributed by atoms with Gasteiger partial charge in [0.1, 0.15) is 23.2 Å². The van der Waals surface area contributed by atoms with Crippen LogP contribution in [-0.4, -0.2) is 30.2 Å². The minimum absolute atomic E-state index is 0.241. The summed E-state index contributed by atoms with van der Waals surface area (Å²) in [6.07, 6.45) is 0. The van der Waals surface area contributed by atoms with Crippen molar-refractivity contribution in [3.05, 3.63) is 56.2 Å². The van der Waals surface area contributed by atoms with Crippen molar-refractivity contribution in [1.29, 1.82) is 0 Å². The molecule has 2 N–H and O–H groups in total. The van der Waals surface area contributed by atoms with Crippen molar-refractivity contribution in [3.8, 4) is 0 Å². The van der Waals surface area contributed by atoms with Crippen molar-refractivity contribution in [1.82, 2.24) is 10.6 Å². The Bertz CT molecular complexity index is 810. The summed E-state index contributed by atoms with van der Waals surface area (Å²) in [6.45, 7) is 3.94. The van der Waals surface area contributed by atoms with Gasteiger partial charge in [0, 0.05) is 22.9 Å². The van der Waals surface area contributed by atoms with E-state index in [1.165, 1.54) is 10.9 Å². The third kappa shape index (κ3) is 6.56. The summed E-state index contributed by atoms with van der Waals surface area (Å²) in [4.78, 5) is 25.9. The van der Waals surface area contributed by atoms with Crippen LogP contribution in [0.3, 0.4) is 0 Å². The van der Waals surface area contributed by atoms with E-state index >= 15 is 0 Å². The first-order chi connectivity index (χ1) is 13.3. The van der Waals surface area contributed by atoms with Crippen LogP contribution >= 0.6 is 39.0 Å². The van der Waals surface area contributed by atoms with Crippen LogP contribution in [0, 0.1) is 17.6 Å². The second-order valence-electron chi connectivity index (χ2n) is 6.34.